The van der Waals surface area contributed by atoms with Gasteiger partial charge in [0.15, 0.2) is 5.96 Å². The number of aliphatic imine (C=N–C) groups is 1. The number of hydrogen-bond donors (Lipinski definition) is 2. The molecule has 0 aliphatic carbocycles. The molecule has 1 aromatic rings. The Morgan fingerprint density at radius 1 is 1.32 bits per heavy atom. The van der Waals surface area contributed by atoms with Crippen LogP contribution in [0, 0.1) is 6.92 Å². The first-order chi connectivity index (χ1) is 10.7. The fourth-order valence-corrected chi connectivity index (χ4v) is 3.42. The van der Waals surface area contributed by atoms with Gasteiger partial charge in [-0.3, -0.25) is 4.99 Å². The van der Waals surface area contributed by atoms with Gasteiger partial charge in [0.2, 0.25) is 0 Å². The number of fused-ring (bicyclic) bond motifs is 2. The van der Waals surface area contributed by atoms with E-state index in [1.807, 2.05) is 7.05 Å². The summed E-state index contributed by atoms with van der Waals surface area (Å²) in [5, 5.41) is 6.98. The minimum Gasteiger partial charge on any atom is -0.373 e. The van der Waals surface area contributed by atoms with Crippen molar-refractivity contribution < 1.29 is 4.74 Å². The number of benzene rings is 1. The van der Waals surface area contributed by atoms with E-state index in [1.54, 1.807) is 0 Å². The molecule has 3 rings (SSSR count). The van der Waals surface area contributed by atoms with Crippen LogP contribution >= 0.6 is 0 Å². The summed E-state index contributed by atoms with van der Waals surface area (Å²) in [6, 6.07) is 9.18. The fourth-order valence-electron chi connectivity index (χ4n) is 3.42. The Kier molecular flexibility index (Phi) is 4.67. The van der Waals surface area contributed by atoms with E-state index in [1.165, 1.54) is 24.0 Å². The molecule has 4 heteroatoms. The van der Waals surface area contributed by atoms with Crippen molar-refractivity contribution in [1.82, 2.24) is 10.6 Å². The van der Waals surface area contributed by atoms with E-state index in [9.17, 15) is 0 Å². The van der Waals surface area contributed by atoms with Gasteiger partial charge in [-0.1, -0.05) is 36.8 Å². The van der Waals surface area contributed by atoms with Gasteiger partial charge in [0.05, 0.1) is 18.2 Å². The summed E-state index contributed by atoms with van der Waals surface area (Å²) in [6.45, 7) is 5.24. The molecule has 2 bridgehead atoms. The van der Waals surface area contributed by atoms with Gasteiger partial charge in [0.1, 0.15) is 0 Å². The number of hydrogen-bond acceptors (Lipinski definition) is 2. The minimum absolute atomic E-state index is 0.373. The Bertz CT molecular complexity index is 526. The number of aryl methyl sites for hydroxylation is 1. The van der Waals surface area contributed by atoms with Crippen molar-refractivity contribution in [1.29, 1.82) is 0 Å². The third-order valence-corrected chi connectivity index (χ3v) is 4.87. The van der Waals surface area contributed by atoms with Gasteiger partial charge in [0.25, 0.3) is 0 Å². The normalized spacial score (nSPS) is 28.7. The number of rotatable bonds is 4. The molecular formula is C18H27N3O. The predicted molar refractivity (Wildman–Crippen MR) is 90.4 cm³/mol. The molecule has 120 valence electrons. The molecule has 0 amide bonds. The summed E-state index contributed by atoms with van der Waals surface area (Å²) in [5.74, 6) is 1.34. The summed E-state index contributed by atoms with van der Waals surface area (Å²) < 4.78 is 5.89. The van der Waals surface area contributed by atoms with Crippen molar-refractivity contribution in [3.8, 4) is 0 Å². The largest absolute Gasteiger partial charge is 0.373 e. The standard InChI is InChI=1S/C18H27N3O/c1-12-4-6-14(7-5-12)13(2)11-20-18(19-3)21-16-10-15-8-9-17(16)22-15/h4-7,13,15-17H,8-11H2,1-3H3,(H2,19,20,21). The lowest BCUT2D eigenvalue weighted by molar-refractivity contribution is 0.0992. The van der Waals surface area contributed by atoms with Gasteiger partial charge in [-0.25, -0.2) is 0 Å². The van der Waals surface area contributed by atoms with Gasteiger partial charge >= 0.3 is 0 Å². The highest BCUT2D eigenvalue weighted by atomic mass is 16.5. The minimum atomic E-state index is 0.373. The molecule has 2 fully saturated rings. The van der Waals surface area contributed by atoms with E-state index >= 15 is 0 Å². The fraction of sp³-hybridized carbons (Fsp3) is 0.611. The Hall–Kier alpha value is -1.55. The van der Waals surface area contributed by atoms with Crippen LogP contribution in [0.25, 0.3) is 0 Å². The number of ether oxygens (including phenoxy) is 1. The quantitative estimate of drug-likeness (QED) is 0.664. The second-order valence-corrected chi connectivity index (χ2v) is 6.63. The van der Waals surface area contributed by atoms with Crippen LogP contribution in [0.4, 0.5) is 0 Å². The maximum absolute atomic E-state index is 5.89. The highest BCUT2D eigenvalue weighted by Gasteiger charge is 2.41. The lowest BCUT2D eigenvalue weighted by atomic mass is 9.96. The molecule has 1 aromatic carbocycles. The summed E-state index contributed by atoms with van der Waals surface area (Å²) in [4.78, 5) is 4.35. The Balaban J connectivity index is 1.49. The summed E-state index contributed by atoms with van der Waals surface area (Å²) >= 11 is 0. The van der Waals surface area contributed by atoms with Crippen LogP contribution in [0.2, 0.25) is 0 Å². The molecule has 4 unspecified atom stereocenters. The number of nitrogens with one attached hydrogen (secondary N) is 2. The SMILES string of the molecule is CN=C(NCC(C)c1ccc(C)cc1)NC1CC2CCC1O2. The molecule has 0 saturated carbocycles. The van der Waals surface area contributed by atoms with Crippen molar-refractivity contribution in [3.63, 3.8) is 0 Å². The molecule has 4 atom stereocenters. The van der Waals surface area contributed by atoms with Crippen LogP contribution in [0.15, 0.2) is 29.3 Å². The van der Waals surface area contributed by atoms with Crippen molar-refractivity contribution >= 4 is 5.96 Å². The highest BCUT2D eigenvalue weighted by molar-refractivity contribution is 5.80. The van der Waals surface area contributed by atoms with E-state index in [0.29, 0.717) is 24.2 Å². The first-order valence-electron chi connectivity index (χ1n) is 8.35. The average Bonchev–Trinajstić information content (AvgIpc) is 3.14. The lowest BCUT2D eigenvalue weighted by Crippen LogP contribution is -2.48. The van der Waals surface area contributed by atoms with Crippen molar-refractivity contribution in [2.75, 3.05) is 13.6 Å². The predicted octanol–water partition coefficient (Wildman–Crippen LogP) is 2.58. The first-order valence-corrected chi connectivity index (χ1v) is 8.35. The topological polar surface area (TPSA) is 45.7 Å². The summed E-state index contributed by atoms with van der Waals surface area (Å²) in [5.41, 5.74) is 2.66. The molecule has 2 heterocycles. The highest BCUT2D eigenvalue weighted by Crippen LogP contribution is 2.34. The van der Waals surface area contributed by atoms with E-state index in [4.69, 9.17) is 4.74 Å². The molecule has 0 spiro atoms. The van der Waals surface area contributed by atoms with Crippen LogP contribution in [0.1, 0.15) is 43.2 Å². The van der Waals surface area contributed by atoms with Crippen LogP contribution in [-0.4, -0.2) is 37.8 Å². The second kappa shape index (κ2) is 6.69. The maximum Gasteiger partial charge on any atom is 0.191 e. The lowest BCUT2D eigenvalue weighted by Gasteiger charge is -2.23. The van der Waals surface area contributed by atoms with Crippen molar-refractivity contribution in [2.24, 2.45) is 4.99 Å². The molecule has 0 radical (unpaired) electrons. The first kappa shape index (κ1) is 15.3. The average molecular weight is 301 g/mol. The van der Waals surface area contributed by atoms with Gasteiger partial charge in [0, 0.05) is 13.6 Å². The molecule has 4 nitrogen and oxygen atoms in total. The Morgan fingerprint density at radius 3 is 2.68 bits per heavy atom. The zero-order chi connectivity index (χ0) is 15.5. The molecule has 2 N–H and O–H groups in total. The Morgan fingerprint density at radius 2 is 2.09 bits per heavy atom. The molecule has 0 aromatic heterocycles. The van der Waals surface area contributed by atoms with E-state index in [0.717, 1.165) is 18.9 Å². The summed E-state index contributed by atoms with van der Waals surface area (Å²) in [6.07, 6.45) is 4.35. The van der Waals surface area contributed by atoms with Gasteiger partial charge in [-0.05, 0) is 37.7 Å². The number of nitrogens with zero attached hydrogens (tertiary/aromatic N) is 1. The van der Waals surface area contributed by atoms with E-state index < -0.39 is 0 Å². The molecule has 2 saturated heterocycles. The van der Waals surface area contributed by atoms with Gasteiger partial charge in [-0.2, -0.15) is 0 Å². The van der Waals surface area contributed by atoms with Crippen LogP contribution < -0.4 is 10.6 Å². The zero-order valence-electron chi connectivity index (χ0n) is 13.8. The molecule has 22 heavy (non-hydrogen) atoms. The third kappa shape index (κ3) is 3.43. The van der Waals surface area contributed by atoms with Gasteiger partial charge in [-0.15, -0.1) is 0 Å². The van der Waals surface area contributed by atoms with E-state index in [-0.39, 0.29) is 0 Å². The van der Waals surface area contributed by atoms with Gasteiger partial charge < -0.3 is 15.4 Å². The number of guanidine groups is 1. The molecule has 2 aliphatic rings. The van der Waals surface area contributed by atoms with Crippen LogP contribution in [0.3, 0.4) is 0 Å². The van der Waals surface area contributed by atoms with Crippen molar-refractivity contribution in [3.05, 3.63) is 35.4 Å². The summed E-state index contributed by atoms with van der Waals surface area (Å²) in [7, 11) is 1.83. The monoisotopic (exact) mass is 301 g/mol. The smallest absolute Gasteiger partial charge is 0.191 e. The van der Waals surface area contributed by atoms with E-state index in [2.05, 4.69) is 53.7 Å². The third-order valence-electron chi connectivity index (χ3n) is 4.87. The Labute approximate surface area is 133 Å². The second-order valence-electron chi connectivity index (χ2n) is 6.63. The molecular weight excluding hydrogens is 274 g/mol. The zero-order valence-corrected chi connectivity index (χ0v) is 13.8. The maximum atomic E-state index is 5.89. The van der Waals surface area contributed by atoms with Crippen molar-refractivity contribution in [2.45, 2.75) is 57.3 Å². The van der Waals surface area contributed by atoms with Crippen LogP contribution in [0.5, 0.6) is 0 Å². The molecule has 2 aliphatic heterocycles. The van der Waals surface area contributed by atoms with Crippen LogP contribution in [-0.2, 0) is 4.74 Å².